The lowest BCUT2D eigenvalue weighted by atomic mass is 10.1. The summed E-state index contributed by atoms with van der Waals surface area (Å²) in [6, 6.07) is 1.74. The number of carbonyl (C=O) groups excluding carboxylic acids is 1. The van der Waals surface area contributed by atoms with Crippen molar-refractivity contribution in [2.75, 3.05) is 12.8 Å². The largest absolute Gasteiger partial charge is 0.494 e. The van der Waals surface area contributed by atoms with Gasteiger partial charge in [0.15, 0.2) is 0 Å². The summed E-state index contributed by atoms with van der Waals surface area (Å²) >= 11 is 1.42. The molecule has 2 rings (SSSR count). The fourth-order valence-electron chi connectivity index (χ4n) is 1.81. The number of aryl methyl sites for hydroxylation is 1. The summed E-state index contributed by atoms with van der Waals surface area (Å²) in [5.41, 5.74) is 7.33. The summed E-state index contributed by atoms with van der Waals surface area (Å²) in [6.45, 7) is 5.47. The highest BCUT2D eigenvalue weighted by atomic mass is 32.1. The number of anilines is 1. The summed E-state index contributed by atoms with van der Waals surface area (Å²) < 4.78 is 11.2. The molecule has 1 aromatic carbocycles. The lowest BCUT2D eigenvalue weighted by Gasteiger charge is -2.12. The van der Waals surface area contributed by atoms with E-state index in [9.17, 15) is 4.79 Å². The molecule has 2 aromatic rings. The number of fused-ring (bicyclic) bond motifs is 1. The Hall–Kier alpha value is -1.82. The van der Waals surface area contributed by atoms with Crippen LogP contribution in [0.1, 0.15) is 29.2 Å². The number of hydrogen-bond acceptors (Lipinski definition) is 6. The van der Waals surface area contributed by atoms with E-state index in [2.05, 4.69) is 4.98 Å². The van der Waals surface area contributed by atoms with E-state index in [0.717, 1.165) is 9.71 Å². The Balaban J connectivity index is 2.68. The molecule has 5 nitrogen and oxygen atoms in total. The Bertz CT molecular complexity index is 634. The zero-order valence-electron chi connectivity index (χ0n) is 11.3. The number of carbonyl (C=O) groups is 1. The normalized spacial score (nSPS) is 11.0. The third-order valence-electron chi connectivity index (χ3n) is 2.56. The molecule has 0 saturated carbocycles. The molecule has 0 spiro atoms. The predicted octanol–water partition coefficient (Wildman–Crippen LogP) is 2.76. The van der Waals surface area contributed by atoms with Crippen LogP contribution in [0.4, 0.5) is 5.69 Å². The number of aromatic nitrogens is 1. The second-order valence-electron chi connectivity index (χ2n) is 4.40. The van der Waals surface area contributed by atoms with Crippen LogP contribution in [-0.4, -0.2) is 24.2 Å². The van der Waals surface area contributed by atoms with E-state index in [1.54, 1.807) is 19.9 Å². The SMILES string of the molecule is COc1cc2nc(C)sc2c(C(=O)OC(C)C)c1N. The molecule has 0 aliphatic rings. The molecule has 6 heteroatoms. The zero-order valence-corrected chi connectivity index (χ0v) is 12.1. The van der Waals surface area contributed by atoms with Crippen LogP contribution >= 0.6 is 11.3 Å². The second-order valence-corrected chi connectivity index (χ2v) is 5.61. The van der Waals surface area contributed by atoms with Gasteiger partial charge in [-0.1, -0.05) is 0 Å². The van der Waals surface area contributed by atoms with E-state index < -0.39 is 5.97 Å². The first-order valence-electron chi connectivity index (χ1n) is 5.88. The molecule has 1 aromatic heterocycles. The molecular formula is C13H16N2O3S. The molecule has 0 atom stereocenters. The van der Waals surface area contributed by atoms with Gasteiger partial charge in [-0.05, 0) is 20.8 Å². The van der Waals surface area contributed by atoms with Crippen LogP contribution in [0.25, 0.3) is 10.2 Å². The van der Waals surface area contributed by atoms with Crippen molar-refractivity contribution in [2.45, 2.75) is 26.9 Å². The van der Waals surface area contributed by atoms with Crippen LogP contribution < -0.4 is 10.5 Å². The number of methoxy groups -OCH3 is 1. The van der Waals surface area contributed by atoms with Crippen molar-refractivity contribution < 1.29 is 14.3 Å². The summed E-state index contributed by atoms with van der Waals surface area (Å²) in [6.07, 6.45) is -0.206. The molecule has 102 valence electrons. The van der Waals surface area contributed by atoms with E-state index in [-0.39, 0.29) is 6.10 Å². The second kappa shape index (κ2) is 5.05. The lowest BCUT2D eigenvalue weighted by Crippen LogP contribution is -2.14. The number of ether oxygens (including phenoxy) is 2. The Morgan fingerprint density at radius 1 is 1.47 bits per heavy atom. The van der Waals surface area contributed by atoms with E-state index in [0.29, 0.717) is 22.5 Å². The Morgan fingerprint density at radius 2 is 2.16 bits per heavy atom. The maximum atomic E-state index is 12.2. The molecule has 0 amide bonds. The molecule has 1 heterocycles. The van der Waals surface area contributed by atoms with Gasteiger partial charge in [0.2, 0.25) is 0 Å². The molecule has 0 aliphatic heterocycles. The van der Waals surface area contributed by atoms with Crippen LogP contribution in [0, 0.1) is 6.92 Å². The summed E-state index contributed by atoms with van der Waals surface area (Å²) in [5, 5.41) is 0.862. The van der Waals surface area contributed by atoms with Crippen molar-refractivity contribution in [3.8, 4) is 5.75 Å². The van der Waals surface area contributed by atoms with E-state index in [1.807, 2.05) is 6.92 Å². The van der Waals surface area contributed by atoms with E-state index in [1.165, 1.54) is 18.4 Å². The summed E-state index contributed by atoms with van der Waals surface area (Å²) in [7, 11) is 1.51. The van der Waals surface area contributed by atoms with Crippen molar-refractivity contribution in [1.82, 2.24) is 4.98 Å². The fourth-order valence-corrected chi connectivity index (χ4v) is 2.76. The minimum atomic E-state index is -0.444. The highest BCUT2D eigenvalue weighted by molar-refractivity contribution is 7.19. The van der Waals surface area contributed by atoms with Crippen molar-refractivity contribution >= 4 is 33.2 Å². The van der Waals surface area contributed by atoms with Gasteiger partial charge in [0, 0.05) is 6.07 Å². The quantitative estimate of drug-likeness (QED) is 0.691. The molecule has 0 bridgehead atoms. The summed E-state index contributed by atoms with van der Waals surface area (Å²) in [5.74, 6) is -0.00597. The van der Waals surface area contributed by atoms with Gasteiger partial charge in [0.1, 0.15) is 11.3 Å². The maximum Gasteiger partial charge on any atom is 0.342 e. The van der Waals surface area contributed by atoms with Gasteiger partial charge in [-0.25, -0.2) is 9.78 Å². The number of nitrogen functional groups attached to an aromatic ring is 1. The number of nitrogens with zero attached hydrogens (tertiary/aromatic N) is 1. The van der Waals surface area contributed by atoms with Gasteiger partial charge in [0.25, 0.3) is 0 Å². The topological polar surface area (TPSA) is 74.4 Å². The molecule has 0 fully saturated rings. The van der Waals surface area contributed by atoms with E-state index in [4.69, 9.17) is 15.2 Å². The molecule has 0 unspecified atom stereocenters. The average molecular weight is 280 g/mol. The number of hydrogen-bond donors (Lipinski definition) is 1. The first kappa shape index (κ1) is 13.6. The third-order valence-corrected chi connectivity index (χ3v) is 3.56. The predicted molar refractivity (Wildman–Crippen MR) is 75.9 cm³/mol. The summed E-state index contributed by atoms with van der Waals surface area (Å²) in [4.78, 5) is 16.5. The fraction of sp³-hybridized carbons (Fsp3) is 0.385. The molecule has 0 aliphatic carbocycles. The average Bonchev–Trinajstić information content (AvgIpc) is 2.66. The van der Waals surface area contributed by atoms with Crippen LogP contribution in [-0.2, 0) is 4.74 Å². The van der Waals surface area contributed by atoms with Crippen LogP contribution in [0.3, 0.4) is 0 Å². The van der Waals surface area contributed by atoms with Crippen molar-refractivity contribution in [2.24, 2.45) is 0 Å². The van der Waals surface area contributed by atoms with Crippen LogP contribution in [0.5, 0.6) is 5.75 Å². The number of benzene rings is 1. The zero-order chi connectivity index (χ0) is 14.2. The Labute approximate surface area is 115 Å². The number of rotatable bonds is 3. The minimum absolute atomic E-state index is 0.206. The van der Waals surface area contributed by atoms with Crippen molar-refractivity contribution in [3.05, 3.63) is 16.6 Å². The van der Waals surface area contributed by atoms with Gasteiger partial charge in [0.05, 0.1) is 34.1 Å². The first-order chi connectivity index (χ1) is 8.93. The number of esters is 1. The lowest BCUT2D eigenvalue weighted by molar-refractivity contribution is 0.0381. The third kappa shape index (κ3) is 2.49. The highest BCUT2D eigenvalue weighted by Crippen LogP contribution is 2.36. The number of thiazole rings is 1. The van der Waals surface area contributed by atoms with Gasteiger partial charge in [-0.3, -0.25) is 0 Å². The number of nitrogens with two attached hydrogens (primary N) is 1. The van der Waals surface area contributed by atoms with Gasteiger partial charge < -0.3 is 15.2 Å². The molecule has 0 radical (unpaired) electrons. The monoisotopic (exact) mass is 280 g/mol. The molecular weight excluding hydrogens is 264 g/mol. The van der Waals surface area contributed by atoms with Gasteiger partial charge in [-0.2, -0.15) is 0 Å². The Kier molecular flexibility index (Phi) is 3.61. The Morgan fingerprint density at radius 3 is 2.74 bits per heavy atom. The van der Waals surface area contributed by atoms with Crippen molar-refractivity contribution in [3.63, 3.8) is 0 Å². The van der Waals surface area contributed by atoms with Crippen molar-refractivity contribution in [1.29, 1.82) is 0 Å². The van der Waals surface area contributed by atoms with Gasteiger partial charge >= 0.3 is 5.97 Å². The molecule has 19 heavy (non-hydrogen) atoms. The standard InChI is InChI=1S/C13H16N2O3S/c1-6(2)18-13(16)10-11(14)9(17-4)5-8-12(10)19-7(3)15-8/h5-6H,14H2,1-4H3. The first-order valence-corrected chi connectivity index (χ1v) is 6.70. The van der Waals surface area contributed by atoms with Crippen LogP contribution in [0.15, 0.2) is 6.07 Å². The molecule has 0 saturated heterocycles. The van der Waals surface area contributed by atoms with E-state index >= 15 is 0 Å². The maximum absolute atomic E-state index is 12.2. The molecule has 2 N–H and O–H groups in total. The van der Waals surface area contributed by atoms with Gasteiger partial charge in [-0.15, -0.1) is 11.3 Å². The van der Waals surface area contributed by atoms with Crippen LogP contribution in [0.2, 0.25) is 0 Å². The highest BCUT2D eigenvalue weighted by Gasteiger charge is 2.22. The minimum Gasteiger partial charge on any atom is -0.494 e. The smallest absolute Gasteiger partial charge is 0.342 e.